The van der Waals surface area contributed by atoms with Crippen molar-refractivity contribution in [2.45, 2.75) is 51.4 Å². The number of aryl methyl sites for hydroxylation is 2. The molecule has 14 heteroatoms. The minimum atomic E-state index is -4.40. The molecule has 37 heavy (non-hydrogen) atoms. The average Bonchev–Trinajstić information content (AvgIpc) is 3.52. The Hall–Kier alpha value is -2.33. The molecule has 4 heterocycles. The Morgan fingerprint density at radius 3 is 2.86 bits per heavy atom. The van der Waals surface area contributed by atoms with Crippen LogP contribution in [-0.4, -0.2) is 57.6 Å². The maximum Gasteiger partial charge on any atom is 0.333 e. The molecule has 5 rings (SSSR count). The van der Waals surface area contributed by atoms with Gasteiger partial charge in [0.05, 0.1) is 38.7 Å². The zero-order chi connectivity index (χ0) is 26.3. The Bertz CT molecular complexity index is 1420. The third-order valence-electron chi connectivity index (χ3n) is 6.46. The molecule has 1 radical (unpaired) electrons. The lowest BCUT2D eigenvalue weighted by Crippen LogP contribution is -2.27. The lowest BCUT2D eigenvalue weighted by atomic mass is 10.0. The molecule has 1 aliphatic heterocycles. The molecule has 3 aromatic rings. The first kappa shape index (κ1) is 26.3. The standard InChI is InChI=1S/C23H26N5O6S3/c1-11-15(21-22-17(3-4-34-21)27-12(2)36-22)7-19(35-11)20(30)16-9-24-10-25-23(16)28-14-5-13(18(29)6-14)8-26-37(31,32)33/h7-10,13-14,18,21,26,29H,3-6H2,1-2H3,(H,24,25,28)(H,31,32,33)/t13-,14-,18+,21-/m1/s1. The number of nitrogens with one attached hydrogen (secondary N) is 2. The highest BCUT2D eigenvalue weighted by Crippen LogP contribution is 2.41. The zero-order valence-corrected chi connectivity index (χ0v) is 22.5. The molecule has 0 amide bonds. The molecule has 4 atom stereocenters. The zero-order valence-electron chi connectivity index (χ0n) is 20.0. The number of aliphatic hydroxyl groups is 1. The van der Waals surface area contributed by atoms with E-state index in [0.29, 0.717) is 35.7 Å². The molecule has 197 valence electrons. The van der Waals surface area contributed by atoms with Gasteiger partial charge in [-0.15, -0.1) is 22.7 Å². The number of hydrogen-bond acceptors (Lipinski definition) is 11. The van der Waals surface area contributed by atoms with Gasteiger partial charge < -0.3 is 15.2 Å². The monoisotopic (exact) mass is 564 g/mol. The van der Waals surface area contributed by atoms with Gasteiger partial charge in [-0.3, -0.25) is 9.35 Å². The lowest BCUT2D eigenvalue weighted by molar-refractivity contribution is 0.0716. The van der Waals surface area contributed by atoms with Gasteiger partial charge >= 0.3 is 10.3 Å². The molecule has 0 saturated heterocycles. The van der Waals surface area contributed by atoms with Crippen LogP contribution in [0.3, 0.4) is 0 Å². The second-order valence-electron chi connectivity index (χ2n) is 9.08. The summed E-state index contributed by atoms with van der Waals surface area (Å²) in [7, 11) is -4.40. The van der Waals surface area contributed by atoms with Gasteiger partial charge in [0.2, 0.25) is 5.78 Å². The summed E-state index contributed by atoms with van der Waals surface area (Å²) in [5.41, 5.74) is 2.31. The summed E-state index contributed by atoms with van der Waals surface area (Å²) >= 11 is 3.01. The molecule has 4 N–H and O–H groups in total. The Morgan fingerprint density at radius 2 is 2.08 bits per heavy atom. The smallest absolute Gasteiger partial charge is 0.333 e. The van der Waals surface area contributed by atoms with Gasteiger partial charge in [-0.2, -0.15) is 13.1 Å². The van der Waals surface area contributed by atoms with Gasteiger partial charge in [0.15, 0.2) is 0 Å². The highest BCUT2D eigenvalue weighted by atomic mass is 32.2. The normalized spacial score (nSPS) is 23.7. The minimum Gasteiger partial charge on any atom is -0.393 e. The second kappa shape index (κ2) is 10.4. The molecule has 2 aliphatic rings. The molecule has 1 fully saturated rings. The SMILES string of the molecule is Cc1nc2c(s1)[C@@H](c1cc(C(=O)c3cncnc3N[C@H]3C[C@H](O)[C@@H]([CH]NS(=O)(=O)O)C3)sc1C)OCC2. The van der Waals surface area contributed by atoms with Crippen LogP contribution in [0.25, 0.3) is 0 Å². The molecule has 0 bridgehead atoms. The number of anilines is 1. The first-order valence-corrected chi connectivity index (χ1v) is 14.7. The summed E-state index contributed by atoms with van der Waals surface area (Å²) in [6.45, 7) is 5.69. The summed E-state index contributed by atoms with van der Waals surface area (Å²) in [5, 5.41) is 14.5. The topological polar surface area (TPSA) is 164 Å². The van der Waals surface area contributed by atoms with Crippen LogP contribution in [0, 0.1) is 26.3 Å². The molecule has 0 spiro atoms. The number of carbonyl (C=O) groups is 1. The van der Waals surface area contributed by atoms with Crippen LogP contribution in [0.5, 0.6) is 0 Å². The number of nitrogens with zero attached hydrogens (tertiary/aromatic N) is 3. The Morgan fingerprint density at radius 1 is 1.27 bits per heavy atom. The van der Waals surface area contributed by atoms with E-state index in [4.69, 9.17) is 9.29 Å². The van der Waals surface area contributed by atoms with E-state index in [9.17, 15) is 18.3 Å². The average molecular weight is 565 g/mol. The van der Waals surface area contributed by atoms with Gasteiger partial charge in [-0.25, -0.2) is 15.0 Å². The van der Waals surface area contributed by atoms with Gasteiger partial charge in [-0.05, 0) is 32.8 Å². The van der Waals surface area contributed by atoms with Crippen LogP contribution in [0.2, 0.25) is 0 Å². The highest BCUT2D eigenvalue weighted by Gasteiger charge is 2.35. The maximum absolute atomic E-state index is 13.6. The highest BCUT2D eigenvalue weighted by molar-refractivity contribution is 7.83. The van der Waals surface area contributed by atoms with E-state index in [-0.39, 0.29) is 17.9 Å². The fraction of sp³-hybridized carbons (Fsp3) is 0.435. The molecule has 3 aromatic heterocycles. The molecule has 1 saturated carbocycles. The fourth-order valence-electron chi connectivity index (χ4n) is 4.77. The quantitative estimate of drug-likeness (QED) is 0.236. The summed E-state index contributed by atoms with van der Waals surface area (Å²) in [6.07, 6.45) is 3.18. The molecular weight excluding hydrogens is 538 g/mol. The van der Waals surface area contributed by atoms with Crippen molar-refractivity contribution in [3.63, 3.8) is 0 Å². The largest absolute Gasteiger partial charge is 0.393 e. The lowest BCUT2D eigenvalue weighted by Gasteiger charge is -2.22. The number of carbonyl (C=O) groups excluding carboxylic acids is 1. The number of fused-ring (bicyclic) bond motifs is 1. The number of ether oxygens (including phenoxy) is 1. The Labute approximate surface area is 222 Å². The van der Waals surface area contributed by atoms with Gasteiger partial charge in [0, 0.05) is 41.6 Å². The Balaban J connectivity index is 1.34. The molecule has 0 unspecified atom stereocenters. The third kappa shape index (κ3) is 5.74. The van der Waals surface area contributed by atoms with Gasteiger partial charge in [0.25, 0.3) is 0 Å². The van der Waals surface area contributed by atoms with Crippen LogP contribution in [-0.2, 0) is 21.5 Å². The van der Waals surface area contributed by atoms with E-state index in [1.165, 1.54) is 23.9 Å². The van der Waals surface area contributed by atoms with Crippen molar-refractivity contribution in [2.24, 2.45) is 5.92 Å². The van der Waals surface area contributed by atoms with Crippen LogP contribution < -0.4 is 10.0 Å². The predicted octanol–water partition coefficient (Wildman–Crippen LogP) is 2.61. The maximum atomic E-state index is 13.6. The number of rotatable bonds is 8. The van der Waals surface area contributed by atoms with Crippen molar-refractivity contribution in [1.29, 1.82) is 0 Å². The number of thiophene rings is 1. The van der Waals surface area contributed by atoms with Crippen molar-refractivity contribution >= 4 is 44.6 Å². The van der Waals surface area contributed by atoms with Gasteiger partial charge in [0.1, 0.15) is 18.2 Å². The van der Waals surface area contributed by atoms with Crippen LogP contribution in [0.4, 0.5) is 5.82 Å². The first-order valence-electron chi connectivity index (χ1n) is 11.6. The molecule has 11 nitrogen and oxygen atoms in total. The van der Waals surface area contributed by atoms with Crippen molar-refractivity contribution in [1.82, 2.24) is 19.7 Å². The second-order valence-corrected chi connectivity index (χ2v) is 12.8. The minimum absolute atomic E-state index is 0.228. The van der Waals surface area contributed by atoms with Crippen molar-refractivity contribution < 1.29 is 27.6 Å². The summed E-state index contributed by atoms with van der Waals surface area (Å²) in [4.78, 5) is 29.1. The Kier molecular flexibility index (Phi) is 7.42. The summed E-state index contributed by atoms with van der Waals surface area (Å²) in [5.74, 6) is -0.408. The van der Waals surface area contributed by atoms with E-state index in [1.807, 2.05) is 24.6 Å². The van der Waals surface area contributed by atoms with Gasteiger partial charge in [-0.1, -0.05) is 0 Å². The number of aromatic nitrogens is 3. The predicted molar refractivity (Wildman–Crippen MR) is 138 cm³/mol. The van der Waals surface area contributed by atoms with E-state index < -0.39 is 22.3 Å². The summed E-state index contributed by atoms with van der Waals surface area (Å²) < 4.78 is 38.8. The number of thiazole rings is 1. The molecule has 1 aliphatic carbocycles. The van der Waals surface area contributed by atoms with Crippen molar-refractivity contribution in [3.05, 3.63) is 61.6 Å². The van der Waals surface area contributed by atoms with Crippen LogP contribution in [0.15, 0.2) is 18.6 Å². The van der Waals surface area contributed by atoms with E-state index in [0.717, 1.165) is 39.0 Å². The van der Waals surface area contributed by atoms with E-state index in [1.54, 1.807) is 11.3 Å². The van der Waals surface area contributed by atoms with E-state index >= 15 is 0 Å². The van der Waals surface area contributed by atoms with Crippen LogP contribution in [0.1, 0.15) is 60.2 Å². The molecular formula is C23H26N5O6S3. The number of ketones is 1. The van der Waals surface area contributed by atoms with Crippen molar-refractivity contribution in [2.75, 3.05) is 11.9 Å². The number of hydrogen-bond donors (Lipinski definition) is 4. The first-order chi connectivity index (χ1) is 17.6. The van der Waals surface area contributed by atoms with E-state index in [2.05, 4.69) is 20.3 Å². The number of aliphatic hydroxyl groups excluding tert-OH is 1. The third-order valence-corrected chi connectivity index (χ3v) is 9.02. The fourth-order valence-corrected chi connectivity index (χ4v) is 7.16. The van der Waals surface area contributed by atoms with Crippen molar-refractivity contribution in [3.8, 4) is 0 Å². The molecule has 0 aromatic carbocycles. The summed E-state index contributed by atoms with van der Waals surface area (Å²) in [6, 6.07) is 1.60. The van der Waals surface area contributed by atoms with Crippen LogP contribution >= 0.6 is 22.7 Å².